The summed E-state index contributed by atoms with van der Waals surface area (Å²) in [4.78, 5) is 18.4. The summed E-state index contributed by atoms with van der Waals surface area (Å²) in [6.07, 6.45) is 6.35. The molecule has 0 atom stereocenters. The van der Waals surface area contributed by atoms with Crippen LogP contribution in [-0.4, -0.2) is 33.4 Å². The number of rotatable bonds is 4. The van der Waals surface area contributed by atoms with Crippen molar-refractivity contribution in [3.05, 3.63) is 17.2 Å². The molecule has 19 heavy (non-hydrogen) atoms. The lowest BCUT2D eigenvalue weighted by Crippen LogP contribution is -2.38. The molecule has 1 fully saturated rings. The molecule has 0 spiro atoms. The topological polar surface area (TPSA) is 38.1 Å². The van der Waals surface area contributed by atoms with Gasteiger partial charge in [0.2, 0.25) is 5.91 Å². The van der Waals surface area contributed by atoms with Crippen molar-refractivity contribution in [2.24, 2.45) is 13.0 Å². The Morgan fingerprint density at radius 1 is 1.47 bits per heavy atom. The molecule has 1 aliphatic heterocycles. The SMILES string of the molecule is CCC1CCN(C(=O)CCc2ncc(Cl)n2C)CC1. The zero-order valence-corrected chi connectivity index (χ0v) is 12.5. The zero-order valence-electron chi connectivity index (χ0n) is 11.7. The Morgan fingerprint density at radius 2 is 2.16 bits per heavy atom. The van der Waals surface area contributed by atoms with Crippen LogP contribution in [0.5, 0.6) is 0 Å². The lowest BCUT2D eigenvalue weighted by atomic mass is 9.94. The van der Waals surface area contributed by atoms with Gasteiger partial charge in [0.25, 0.3) is 0 Å². The van der Waals surface area contributed by atoms with Crippen molar-refractivity contribution in [2.75, 3.05) is 13.1 Å². The van der Waals surface area contributed by atoms with E-state index in [1.807, 2.05) is 16.5 Å². The summed E-state index contributed by atoms with van der Waals surface area (Å²) in [6.45, 7) is 4.06. The van der Waals surface area contributed by atoms with Crippen molar-refractivity contribution in [1.82, 2.24) is 14.5 Å². The number of carbonyl (C=O) groups excluding carboxylic acids is 1. The molecule has 1 aliphatic rings. The summed E-state index contributed by atoms with van der Waals surface area (Å²) >= 11 is 5.93. The Labute approximate surface area is 119 Å². The first-order valence-corrected chi connectivity index (χ1v) is 7.43. The molecule has 0 saturated carbocycles. The molecular weight excluding hydrogens is 262 g/mol. The Balaban J connectivity index is 1.80. The van der Waals surface area contributed by atoms with Crippen LogP contribution in [-0.2, 0) is 18.3 Å². The fourth-order valence-corrected chi connectivity index (χ4v) is 2.77. The molecule has 1 amide bonds. The molecule has 0 N–H and O–H groups in total. The van der Waals surface area contributed by atoms with Crippen LogP contribution >= 0.6 is 11.6 Å². The molecular formula is C14H22ClN3O. The highest BCUT2D eigenvalue weighted by atomic mass is 35.5. The van der Waals surface area contributed by atoms with E-state index >= 15 is 0 Å². The van der Waals surface area contributed by atoms with Crippen molar-refractivity contribution < 1.29 is 4.79 Å². The lowest BCUT2D eigenvalue weighted by molar-refractivity contribution is -0.132. The second-order valence-corrected chi connectivity index (χ2v) is 5.68. The van der Waals surface area contributed by atoms with E-state index in [1.54, 1.807) is 6.20 Å². The van der Waals surface area contributed by atoms with Gasteiger partial charge in [-0.05, 0) is 18.8 Å². The number of nitrogens with zero attached hydrogens (tertiary/aromatic N) is 3. The minimum atomic E-state index is 0.244. The molecule has 106 valence electrons. The standard InChI is InChI=1S/C14H22ClN3O/c1-3-11-6-8-18(9-7-11)14(19)5-4-13-16-10-12(15)17(13)2/h10-11H,3-9H2,1-2H3. The van der Waals surface area contributed by atoms with Gasteiger partial charge in [0.05, 0.1) is 6.20 Å². The number of carbonyl (C=O) groups is 1. The molecule has 1 aromatic rings. The third-order valence-electron chi connectivity index (χ3n) is 4.13. The highest BCUT2D eigenvalue weighted by Crippen LogP contribution is 2.20. The molecule has 1 saturated heterocycles. The Hall–Kier alpha value is -1.03. The van der Waals surface area contributed by atoms with Gasteiger partial charge in [-0.2, -0.15) is 0 Å². The number of hydrogen-bond donors (Lipinski definition) is 0. The first-order chi connectivity index (χ1) is 9.11. The van der Waals surface area contributed by atoms with E-state index in [9.17, 15) is 4.79 Å². The predicted molar refractivity (Wildman–Crippen MR) is 76.1 cm³/mol. The fraction of sp³-hybridized carbons (Fsp3) is 0.714. The number of aromatic nitrogens is 2. The second-order valence-electron chi connectivity index (χ2n) is 5.29. The second kappa shape index (κ2) is 6.42. The number of piperidine rings is 1. The molecule has 5 heteroatoms. The van der Waals surface area contributed by atoms with Gasteiger partial charge in [-0.15, -0.1) is 0 Å². The molecule has 2 rings (SSSR count). The quantitative estimate of drug-likeness (QED) is 0.852. The van der Waals surface area contributed by atoms with E-state index in [-0.39, 0.29) is 5.91 Å². The van der Waals surface area contributed by atoms with Crippen molar-refractivity contribution in [1.29, 1.82) is 0 Å². The number of likely N-dealkylation sites (tertiary alicyclic amines) is 1. The highest BCUT2D eigenvalue weighted by molar-refractivity contribution is 6.29. The maximum atomic E-state index is 12.1. The van der Waals surface area contributed by atoms with E-state index in [0.717, 1.165) is 37.7 Å². The van der Waals surface area contributed by atoms with E-state index in [2.05, 4.69) is 11.9 Å². The summed E-state index contributed by atoms with van der Waals surface area (Å²) in [5.74, 6) is 1.92. The third-order valence-corrected chi connectivity index (χ3v) is 4.49. The Morgan fingerprint density at radius 3 is 2.68 bits per heavy atom. The fourth-order valence-electron chi connectivity index (χ4n) is 2.62. The maximum absolute atomic E-state index is 12.1. The summed E-state index contributed by atoms with van der Waals surface area (Å²) in [7, 11) is 1.88. The summed E-state index contributed by atoms with van der Waals surface area (Å²) < 4.78 is 1.83. The Bertz CT molecular complexity index is 436. The van der Waals surface area contributed by atoms with Crippen LogP contribution in [0.2, 0.25) is 5.15 Å². The smallest absolute Gasteiger partial charge is 0.223 e. The van der Waals surface area contributed by atoms with Gasteiger partial charge in [0, 0.05) is 33.0 Å². The van der Waals surface area contributed by atoms with Crippen LogP contribution in [0.25, 0.3) is 0 Å². The molecule has 2 heterocycles. The van der Waals surface area contributed by atoms with Crippen molar-refractivity contribution in [3.63, 3.8) is 0 Å². The van der Waals surface area contributed by atoms with Gasteiger partial charge in [-0.25, -0.2) is 4.98 Å². The number of aryl methyl sites for hydroxylation is 1. The average Bonchev–Trinajstić information content (AvgIpc) is 2.76. The van der Waals surface area contributed by atoms with Crippen LogP contribution < -0.4 is 0 Å². The molecule has 0 aliphatic carbocycles. The van der Waals surface area contributed by atoms with E-state index in [4.69, 9.17) is 11.6 Å². The summed E-state index contributed by atoms with van der Waals surface area (Å²) in [6, 6.07) is 0. The van der Waals surface area contributed by atoms with Crippen LogP contribution in [0, 0.1) is 5.92 Å². The van der Waals surface area contributed by atoms with Gasteiger partial charge in [-0.1, -0.05) is 24.9 Å². The Kier molecular flexibility index (Phi) is 4.86. The van der Waals surface area contributed by atoms with E-state index in [1.165, 1.54) is 6.42 Å². The van der Waals surface area contributed by atoms with Crippen molar-refractivity contribution in [3.8, 4) is 0 Å². The van der Waals surface area contributed by atoms with Gasteiger partial charge in [-0.3, -0.25) is 4.79 Å². The summed E-state index contributed by atoms with van der Waals surface area (Å²) in [5, 5.41) is 0.617. The molecule has 0 unspecified atom stereocenters. The van der Waals surface area contributed by atoms with Gasteiger partial charge in [0.15, 0.2) is 0 Å². The normalized spacial score (nSPS) is 16.9. The number of halogens is 1. The van der Waals surface area contributed by atoms with E-state index < -0.39 is 0 Å². The summed E-state index contributed by atoms with van der Waals surface area (Å²) in [5.41, 5.74) is 0. The van der Waals surface area contributed by atoms with Crippen LogP contribution in [0.1, 0.15) is 38.4 Å². The maximum Gasteiger partial charge on any atom is 0.223 e. The zero-order chi connectivity index (χ0) is 13.8. The number of amides is 1. The van der Waals surface area contributed by atoms with Gasteiger partial charge < -0.3 is 9.47 Å². The van der Waals surface area contributed by atoms with Crippen LogP contribution in [0.3, 0.4) is 0 Å². The largest absolute Gasteiger partial charge is 0.343 e. The first-order valence-electron chi connectivity index (χ1n) is 7.05. The van der Waals surface area contributed by atoms with Gasteiger partial charge >= 0.3 is 0 Å². The minimum absolute atomic E-state index is 0.244. The molecule has 0 bridgehead atoms. The lowest BCUT2D eigenvalue weighted by Gasteiger charge is -2.31. The molecule has 4 nitrogen and oxygen atoms in total. The van der Waals surface area contributed by atoms with Gasteiger partial charge in [0.1, 0.15) is 11.0 Å². The van der Waals surface area contributed by atoms with Crippen molar-refractivity contribution >= 4 is 17.5 Å². The van der Waals surface area contributed by atoms with E-state index in [0.29, 0.717) is 18.0 Å². The van der Waals surface area contributed by atoms with Crippen molar-refractivity contribution in [2.45, 2.75) is 39.0 Å². The number of imidazole rings is 1. The van der Waals surface area contributed by atoms with Crippen LogP contribution in [0.4, 0.5) is 0 Å². The predicted octanol–water partition coefficient (Wildman–Crippen LogP) is 2.65. The van der Waals surface area contributed by atoms with Crippen LogP contribution in [0.15, 0.2) is 6.20 Å². The molecule has 0 aromatic carbocycles. The average molecular weight is 284 g/mol. The minimum Gasteiger partial charge on any atom is -0.343 e. The first kappa shape index (κ1) is 14.4. The monoisotopic (exact) mass is 283 g/mol. The molecule has 1 aromatic heterocycles. The molecule has 0 radical (unpaired) electrons. The third kappa shape index (κ3) is 3.50. The number of hydrogen-bond acceptors (Lipinski definition) is 2. The highest BCUT2D eigenvalue weighted by Gasteiger charge is 2.21.